The van der Waals surface area contributed by atoms with Gasteiger partial charge in [-0.2, -0.15) is 0 Å². The lowest BCUT2D eigenvalue weighted by molar-refractivity contribution is 0.132. The van der Waals surface area contributed by atoms with Crippen LogP contribution in [0.4, 0.5) is 10.5 Å². The van der Waals surface area contributed by atoms with Crippen LogP contribution in [0.1, 0.15) is 30.6 Å². The maximum Gasteiger partial charge on any atom is 0.321 e. The van der Waals surface area contributed by atoms with Crippen LogP contribution in [0.2, 0.25) is 0 Å². The number of piperidine rings is 1. The number of hydrogen-bond acceptors (Lipinski definition) is 4. The molecule has 2 aliphatic heterocycles. The average Bonchev–Trinajstić information content (AvgIpc) is 3.42. The molecule has 0 radical (unpaired) electrons. The monoisotopic (exact) mass is 385 g/mol. The summed E-state index contributed by atoms with van der Waals surface area (Å²) in [6.07, 6.45) is 4.89. The fraction of sp³-hybridized carbons (Fsp3) is 0.476. The van der Waals surface area contributed by atoms with E-state index in [0.717, 1.165) is 30.9 Å². The number of likely N-dealkylation sites (tertiary alicyclic amines) is 2. The summed E-state index contributed by atoms with van der Waals surface area (Å²) in [5, 5.41) is 5.08. The maximum atomic E-state index is 12.7. The molecule has 27 heavy (non-hydrogen) atoms. The van der Waals surface area contributed by atoms with Crippen molar-refractivity contribution in [2.75, 3.05) is 31.5 Å². The van der Waals surface area contributed by atoms with Gasteiger partial charge in [0.1, 0.15) is 12.4 Å². The molecule has 2 fully saturated rings. The number of carbonyl (C=O) groups excluding carboxylic acids is 1. The van der Waals surface area contributed by atoms with E-state index in [9.17, 15) is 4.79 Å². The van der Waals surface area contributed by atoms with Gasteiger partial charge in [-0.1, -0.05) is 6.07 Å². The summed E-state index contributed by atoms with van der Waals surface area (Å²) in [7, 11) is 0. The van der Waals surface area contributed by atoms with Gasteiger partial charge in [0.2, 0.25) is 0 Å². The van der Waals surface area contributed by atoms with Gasteiger partial charge in [-0.3, -0.25) is 4.90 Å². The Hall–Kier alpha value is -2.05. The zero-order valence-corrected chi connectivity index (χ0v) is 16.4. The predicted octanol–water partition coefficient (Wildman–Crippen LogP) is 4.42. The number of rotatable bonds is 5. The smallest absolute Gasteiger partial charge is 0.321 e. The molecule has 3 heterocycles. The molecule has 144 valence electrons. The van der Waals surface area contributed by atoms with Crippen molar-refractivity contribution in [3.05, 3.63) is 46.7 Å². The van der Waals surface area contributed by atoms with Gasteiger partial charge in [-0.15, -0.1) is 11.3 Å². The summed E-state index contributed by atoms with van der Waals surface area (Å²) in [4.78, 5) is 18.4. The van der Waals surface area contributed by atoms with Gasteiger partial charge in [0, 0.05) is 29.7 Å². The molecule has 2 amide bonds. The number of amides is 2. The van der Waals surface area contributed by atoms with E-state index in [4.69, 9.17) is 4.74 Å². The lowest BCUT2D eigenvalue weighted by Crippen LogP contribution is -2.50. The Morgan fingerprint density at radius 3 is 2.67 bits per heavy atom. The Morgan fingerprint density at radius 1 is 1.11 bits per heavy atom. The molecular formula is C21H27N3O2S. The Kier molecular flexibility index (Phi) is 5.94. The van der Waals surface area contributed by atoms with Crippen LogP contribution in [-0.2, 0) is 6.61 Å². The van der Waals surface area contributed by atoms with Gasteiger partial charge in [-0.05, 0) is 74.5 Å². The highest BCUT2D eigenvalue weighted by atomic mass is 32.1. The zero-order chi connectivity index (χ0) is 18.5. The number of anilines is 1. The van der Waals surface area contributed by atoms with Crippen LogP contribution >= 0.6 is 11.3 Å². The Bertz CT molecular complexity index is 726. The molecule has 0 aliphatic carbocycles. The Morgan fingerprint density at radius 2 is 1.93 bits per heavy atom. The van der Waals surface area contributed by atoms with E-state index in [1.54, 1.807) is 11.3 Å². The Labute approximate surface area is 164 Å². The van der Waals surface area contributed by atoms with Crippen LogP contribution in [0.3, 0.4) is 0 Å². The molecule has 1 unspecified atom stereocenters. The van der Waals surface area contributed by atoms with Crippen LogP contribution in [0.15, 0.2) is 41.8 Å². The van der Waals surface area contributed by atoms with Crippen LogP contribution < -0.4 is 10.1 Å². The number of urea groups is 1. The third-order valence-corrected chi connectivity index (χ3v) is 6.26. The van der Waals surface area contributed by atoms with Crippen LogP contribution in [0.5, 0.6) is 5.75 Å². The lowest BCUT2D eigenvalue weighted by Gasteiger charge is -2.37. The van der Waals surface area contributed by atoms with Crippen molar-refractivity contribution in [1.82, 2.24) is 9.80 Å². The normalized spacial score (nSPS) is 20.6. The van der Waals surface area contributed by atoms with Crippen LogP contribution in [0, 0.1) is 0 Å². The molecule has 1 N–H and O–H groups in total. The average molecular weight is 386 g/mol. The molecule has 1 aromatic carbocycles. The van der Waals surface area contributed by atoms with Crippen molar-refractivity contribution >= 4 is 23.1 Å². The highest BCUT2D eigenvalue weighted by Gasteiger charge is 2.29. The first-order valence-corrected chi connectivity index (χ1v) is 10.7. The van der Waals surface area contributed by atoms with Gasteiger partial charge in [-0.25, -0.2) is 4.79 Å². The summed E-state index contributed by atoms with van der Waals surface area (Å²) in [5.74, 6) is 0.813. The van der Waals surface area contributed by atoms with Gasteiger partial charge in [0.15, 0.2) is 0 Å². The minimum atomic E-state index is 0.00570. The van der Waals surface area contributed by atoms with Gasteiger partial charge >= 0.3 is 6.03 Å². The van der Waals surface area contributed by atoms with Crippen molar-refractivity contribution in [1.29, 1.82) is 0 Å². The third-order valence-electron chi connectivity index (χ3n) is 5.41. The van der Waals surface area contributed by atoms with Crippen LogP contribution in [0.25, 0.3) is 0 Å². The van der Waals surface area contributed by atoms with E-state index in [1.165, 1.54) is 37.2 Å². The highest BCUT2D eigenvalue weighted by molar-refractivity contribution is 7.09. The van der Waals surface area contributed by atoms with Crippen LogP contribution in [-0.4, -0.2) is 48.1 Å². The summed E-state index contributed by atoms with van der Waals surface area (Å²) >= 11 is 1.69. The van der Waals surface area contributed by atoms with Crippen molar-refractivity contribution in [2.24, 2.45) is 0 Å². The van der Waals surface area contributed by atoms with Crippen molar-refractivity contribution < 1.29 is 9.53 Å². The van der Waals surface area contributed by atoms with Gasteiger partial charge < -0.3 is 15.0 Å². The number of hydrogen-bond donors (Lipinski definition) is 1. The molecule has 5 nitrogen and oxygen atoms in total. The largest absolute Gasteiger partial charge is 0.488 e. The zero-order valence-electron chi connectivity index (χ0n) is 15.6. The summed E-state index contributed by atoms with van der Waals surface area (Å²) < 4.78 is 5.78. The van der Waals surface area contributed by atoms with Gasteiger partial charge in [0.25, 0.3) is 0 Å². The molecule has 1 atom stereocenters. The number of benzene rings is 1. The topological polar surface area (TPSA) is 44.8 Å². The molecule has 0 spiro atoms. The fourth-order valence-electron chi connectivity index (χ4n) is 3.93. The number of nitrogens with zero attached hydrogens (tertiary/aromatic N) is 2. The molecule has 1 aromatic heterocycles. The first-order valence-electron chi connectivity index (χ1n) is 9.83. The van der Waals surface area contributed by atoms with E-state index in [1.807, 2.05) is 40.6 Å². The minimum absolute atomic E-state index is 0.00570. The first kappa shape index (κ1) is 18.3. The second kappa shape index (κ2) is 8.76. The molecule has 2 aromatic rings. The van der Waals surface area contributed by atoms with Crippen molar-refractivity contribution in [3.63, 3.8) is 0 Å². The SMILES string of the molecule is O=C(Nc1ccc(OCc2cccs2)cc1)N1CCCC(N2CCCC2)C1. The maximum absolute atomic E-state index is 12.7. The number of carbonyl (C=O) groups is 1. The summed E-state index contributed by atoms with van der Waals surface area (Å²) in [6.45, 7) is 4.64. The predicted molar refractivity (Wildman–Crippen MR) is 110 cm³/mol. The second-order valence-electron chi connectivity index (χ2n) is 7.31. The molecule has 2 saturated heterocycles. The summed E-state index contributed by atoms with van der Waals surface area (Å²) in [6, 6.07) is 12.3. The van der Waals surface area contributed by atoms with E-state index >= 15 is 0 Å². The molecular weight excluding hydrogens is 358 g/mol. The van der Waals surface area contributed by atoms with E-state index in [2.05, 4.69) is 16.3 Å². The molecule has 0 saturated carbocycles. The number of nitrogens with one attached hydrogen (secondary N) is 1. The molecule has 6 heteroatoms. The van der Waals surface area contributed by atoms with Crippen molar-refractivity contribution in [3.8, 4) is 5.75 Å². The standard InChI is InChI=1S/C21H27N3O2S/c25-21(24-13-3-5-18(15-24)23-11-1-2-12-23)22-17-7-9-19(10-8-17)26-16-20-6-4-14-27-20/h4,6-10,14,18H,1-3,5,11-13,15-16H2,(H,22,25). The van der Waals surface area contributed by atoms with Gasteiger partial charge in [0.05, 0.1) is 0 Å². The van der Waals surface area contributed by atoms with E-state index in [0.29, 0.717) is 12.6 Å². The van der Waals surface area contributed by atoms with E-state index in [-0.39, 0.29) is 6.03 Å². The van der Waals surface area contributed by atoms with Crippen molar-refractivity contribution in [2.45, 2.75) is 38.3 Å². The highest BCUT2D eigenvalue weighted by Crippen LogP contribution is 2.22. The molecule has 4 rings (SSSR count). The summed E-state index contributed by atoms with van der Waals surface area (Å²) in [5.41, 5.74) is 0.812. The van der Waals surface area contributed by atoms with E-state index < -0.39 is 0 Å². The number of thiophene rings is 1. The second-order valence-corrected chi connectivity index (χ2v) is 8.34. The molecule has 0 bridgehead atoms. The minimum Gasteiger partial charge on any atom is -0.488 e. The third kappa shape index (κ3) is 4.82. The first-order chi connectivity index (χ1) is 13.3. The quantitative estimate of drug-likeness (QED) is 0.829. The number of ether oxygens (including phenoxy) is 1. The fourth-order valence-corrected chi connectivity index (χ4v) is 4.55. The Balaban J connectivity index is 1.28. The lowest BCUT2D eigenvalue weighted by atomic mass is 10.0. The molecule has 2 aliphatic rings.